The summed E-state index contributed by atoms with van der Waals surface area (Å²) < 4.78 is 3.57. The second-order valence-electron chi connectivity index (χ2n) is 4.93. The van der Waals surface area contributed by atoms with E-state index in [1.165, 1.54) is 0 Å². The van der Waals surface area contributed by atoms with Gasteiger partial charge in [0.1, 0.15) is 0 Å². The molecule has 0 spiro atoms. The van der Waals surface area contributed by atoms with Crippen molar-refractivity contribution in [1.82, 2.24) is 9.13 Å². The Morgan fingerprint density at radius 1 is 1.06 bits per heavy atom. The molecule has 0 fully saturated rings. The molecule has 4 heteroatoms. The zero-order chi connectivity index (χ0) is 12.7. The molecule has 17 heavy (non-hydrogen) atoms. The van der Waals surface area contributed by atoms with Crippen LogP contribution in [0.1, 0.15) is 39.8 Å². The molecule has 0 saturated carbocycles. The van der Waals surface area contributed by atoms with Crippen molar-refractivity contribution in [3.05, 3.63) is 28.7 Å². The van der Waals surface area contributed by atoms with E-state index in [9.17, 15) is 4.79 Å². The van der Waals surface area contributed by atoms with Crippen LogP contribution in [0.4, 0.5) is 5.69 Å². The lowest BCUT2D eigenvalue weighted by Gasteiger charge is -2.08. The highest BCUT2D eigenvalue weighted by atomic mass is 16.1. The lowest BCUT2D eigenvalue weighted by molar-refractivity contribution is 0.533. The Morgan fingerprint density at radius 2 is 1.65 bits per heavy atom. The standard InChI is InChI=1S/C13H19N3O/c1-8(2)15-11-7-5-6-10(14)12(11)16(9(3)4)13(15)17/h5-9H,14H2,1-4H3. The van der Waals surface area contributed by atoms with Crippen LogP contribution in [-0.4, -0.2) is 9.13 Å². The van der Waals surface area contributed by atoms with Crippen molar-refractivity contribution in [1.29, 1.82) is 0 Å². The maximum absolute atomic E-state index is 12.4. The Balaban J connectivity index is 2.99. The molecular formula is C13H19N3O. The van der Waals surface area contributed by atoms with Crippen molar-refractivity contribution >= 4 is 16.7 Å². The minimum absolute atomic E-state index is 0.0166. The Bertz CT molecular complexity index is 605. The number of benzene rings is 1. The van der Waals surface area contributed by atoms with Crippen LogP contribution in [0.15, 0.2) is 23.0 Å². The maximum Gasteiger partial charge on any atom is 0.329 e. The highest BCUT2D eigenvalue weighted by Crippen LogP contribution is 2.24. The minimum Gasteiger partial charge on any atom is -0.397 e. The monoisotopic (exact) mass is 233 g/mol. The van der Waals surface area contributed by atoms with Crippen molar-refractivity contribution < 1.29 is 0 Å². The summed E-state index contributed by atoms with van der Waals surface area (Å²) >= 11 is 0. The van der Waals surface area contributed by atoms with Gasteiger partial charge in [-0.1, -0.05) is 6.07 Å². The molecule has 0 aliphatic heterocycles. The second-order valence-corrected chi connectivity index (χ2v) is 4.93. The molecule has 1 aromatic carbocycles. The van der Waals surface area contributed by atoms with E-state index in [1.54, 1.807) is 9.13 Å². The first kappa shape index (κ1) is 11.8. The molecule has 92 valence electrons. The average Bonchev–Trinajstić information content (AvgIpc) is 2.51. The molecule has 2 rings (SSSR count). The Hall–Kier alpha value is -1.71. The van der Waals surface area contributed by atoms with Gasteiger partial charge < -0.3 is 5.73 Å². The molecule has 1 aromatic heterocycles. The maximum atomic E-state index is 12.4. The number of rotatable bonds is 2. The van der Waals surface area contributed by atoms with Crippen molar-refractivity contribution in [2.75, 3.05) is 5.73 Å². The van der Waals surface area contributed by atoms with Crippen LogP contribution < -0.4 is 11.4 Å². The van der Waals surface area contributed by atoms with Crippen LogP contribution in [-0.2, 0) is 0 Å². The third kappa shape index (κ3) is 1.64. The van der Waals surface area contributed by atoms with E-state index in [4.69, 9.17) is 5.73 Å². The summed E-state index contributed by atoms with van der Waals surface area (Å²) in [6.07, 6.45) is 0. The van der Waals surface area contributed by atoms with E-state index in [1.807, 2.05) is 45.9 Å². The van der Waals surface area contributed by atoms with Crippen LogP contribution in [0.2, 0.25) is 0 Å². The Kier molecular flexibility index (Phi) is 2.73. The van der Waals surface area contributed by atoms with Crippen LogP contribution >= 0.6 is 0 Å². The third-order valence-electron chi connectivity index (χ3n) is 2.99. The summed E-state index contributed by atoms with van der Waals surface area (Å²) in [6.45, 7) is 8.01. The highest BCUT2D eigenvalue weighted by Gasteiger charge is 2.18. The summed E-state index contributed by atoms with van der Waals surface area (Å²) in [5, 5.41) is 0. The molecule has 2 aromatic rings. The zero-order valence-electron chi connectivity index (χ0n) is 10.8. The molecule has 0 atom stereocenters. The number of fused-ring (bicyclic) bond motifs is 1. The van der Waals surface area contributed by atoms with Crippen molar-refractivity contribution in [3.63, 3.8) is 0 Å². The van der Waals surface area contributed by atoms with Crippen molar-refractivity contribution in [2.45, 2.75) is 39.8 Å². The van der Waals surface area contributed by atoms with Crippen molar-refractivity contribution in [2.24, 2.45) is 0 Å². The van der Waals surface area contributed by atoms with Gasteiger partial charge in [-0.05, 0) is 39.8 Å². The molecule has 0 saturated heterocycles. The molecule has 2 N–H and O–H groups in total. The first-order chi connectivity index (χ1) is 7.95. The Labute approximate surface area is 101 Å². The van der Waals surface area contributed by atoms with Crippen LogP contribution in [0.25, 0.3) is 11.0 Å². The fraction of sp³-hybridized carbons (Fsp3) is 0.462. The molecule has 0 aliphatic rings. The molecular weight excluding hydrogens is 214 g/mol. The van der Waals surface area contributed by atoms with E-state index >= 15 is 0 Å². The SMILES string of the molecule is CC(C)n1c(=O)n(C(C)C)c2c(N)cccc21. The van der Waals surface area contributed by atoms with Gasteiger partial charge in [0.25, 0.3) is 0 Å². The van der Waals surface area contributed by atoms with Gasteiger partial charge in [-0.15, -0.1) is 0 Å². The predicted octanol–water partition coefficient (Wildman–Crippen LogP) is 2.55. The van der Waals surface area contributed by atoms with E-state index in [2.05, 4.69) is 0 Å². The average molecular weight is 233 g/mol. The van der Waals surface area contributed by atoms with Crippen LogP contribution in [0, 0.1) is 0 Å². The highest BCUT2D eigenvalue weighted by molar-refractivity contribution is 5.88. The van der Waals surface area contributed by atoms with Crippen LogP contribution in [0.5, 0.6) is 0 Å². The van der Waals surface area contributed by atoms with Gasteiger partial charge in [-0.3, -0.25) is 9.13 Å². The summed E-state index contributed by atoms with van der Waals surface area (Å²) in [7, 11) is 0. The number of nitrogens with two attached hydrogens (primary N) is 1. The van der Waals surface area contributed by atoms with E-state index in [0.29, 0.717) is 5.69 Å². The van der Waals surface area contributed by atoms with Gasteiger partial charge in [-0.25, -0.2) is 4.79 Å². The summed E-state index contributed by atoms with van der Waals surface area (Å²) in [5.74, 6) is 0. The van der Waals surface area contributed by atoms with Gasteiger partial charge >= 0.3 is 5.69 Å². The topological polar surface area (TPSA) is 53.0 Å². The smallest absolute Gasteiger partial charge is 0.329 e. The molecule has 0 radical (unpaired) electrons. The number of imidazole rings is 1. The normalized spacial score (nSPS) is 11.9. The molecule has 0 aliphatic carbocycles. The molecule has 0 bridgehead atoms. The summed E-state index contributed by atoms with van der Waals surface area (Å²) in [4.78, 5) is 12.4. The summed E-state index contributed by atoms with van der Waals surface area (Å²) in [5.41, 5.74) is 8.44. The number of nitrogens with zero attached hydrogens (tertiary/aromatic N) is 2. The molecule has 0 amide bonds. The number of hydrogen-bond acceptors (Lipinski definition) is 2. The van der Waals surface area contributed by atoms with E-state index < -0.39 is 0 Å². The van der Waals surface area contributed by atoms with E-state index in [-0.39, 0.29) is 17.8 Å². The zero-order valence-corrected chi connectivity index (χ0v) is 10.8. The third-order valence-corrected chi connectivity index (χ3v) is 2.99. The van der Waals surface area contributed by atoms with Gasteiger partial charge in [0.2, 0.25) is 0 Å². The van der Waals surface area contributed by atoms with E-state index in [0.717, 1.165) is 11.0 Å². The van der Waals surface area contributed by atoms with Gasteiger partial charge in [-0.2, -0.15) is 0 Å². The largest absolute Gasteiger partial charge is 0.397 e. The quantitative estimate of drug-likeness (QED) is 0.810. The minimum atomic E-state index is 0.0166. The number of nitrogen functional groups attached to an aromatic ring is 1. The van der Waals surface area contributed by atoms with Crippen molar-refractivity contribution in [3.8, 4) is 0 Å². The van der Waals surface area contributed by atoms with Gasteiger partial charge in [0, 0.05) is 12.1 Å². The fourth-order valence-electron chi connectivity index (χ4n) is 2.30. The lowest BCUT2D eigenvalue weighted by Crippen LogP contribution is -2.26. The number of anilines is 1. The number of hydrogen-bond donors (Lipinski definition) is 1. The number of aromatic nitrogens is 2. The predicted molar refractivity (Wildman–Crippen MR) is 71.4 cm³/mol. The van der Waals surface area contributed by atoms with Gasteiger partial charge in [0.15, 0.2) is 0 Å². The molecule has 1 heterocycles. The first-order valence-electron chi connectivity index (χ1n) is 5.96. The fourth-order valence-corrected chi connectivity index (χ4v) is 2.30. The Morgan fingerprint density at radius 3 is 2.18 bits per heavy atom. The second kappa shape index (κ2) is 3.95. The van der Waals surface area contributed by atoms with Gasteiger partial charge in [0.05, 0.1) is 16.7 Å². The number of para-hydroxylation sites is 1. The molecule has 4 nitrogen and oxygen atoms in total. The summed E-state index contributed by atoms with van der Waals surface area (Å²) in [6, 6.07) is 5.92. The molecule has 0 unspecified atom stereocenters. The van der Waals surface area contributed by atoms with Crippen LogP contribution in [0.3, 0.4) is 0 Å². The lowest BCUT2D eigenvalue weighted by atomic mass is 10.2. The first-order valence-corrected chi connectivity index (χ1v) is 5.96.